The van der Waals surface area contributed by atoms with Gasteiger partial charge >= 0.3 is 0 Å². The van der Waals surface area contributed by atoms with Gasteiger partial charge < -0.3 is 10.1 Å². The number of nitrogens with one attached hydrogen (secondary N) is 1. The van der Waals surface area contributed by atoms with Crippen LogP contribution >= 0.6 is 15.9 Å². The molecule has 0 aliphatic carbocycles. The lowest BCUT2D eigenvalue weighted by Gasteiger charge is -2.06. The highest BCUT2D eigenvalue weighted by atomic mass is 79.9. The molecule has 0 aliphatic rings. The normalized spacial score (nSPS) is 12.4. The number of hydrogen-bond donors (Lipinski definition) is 1. The lowest BCUT2D eigenvalue weighted by molar-refractivity contribution is -0.115. The summed E-state index contributed by atoms with van der Waals surface area (Å²) in [5.41, 5.74) is 0.707. The molecule has 1 rings (SSSR count). The predicted octanol–water partition coefficient (Wildman–Crippen LogP) is 1.64. The van der Waals surface area contributed by atoms with Crippen LogP contribution in [0.3, 0.4) is 0 Å². The van der Waals surface area contributed by atoms with E-state index in [0.717, 1.165) is 6.42 Å². The molecular weight excluding hydrogens is 274 g/mol. The van der Waals surface area contributed by atoms with Gasteiger partial charge in [0.2, 0.25) is 5.91 Å². The number of alkyl halides is 1. The van der Waals surface area contributed by atoms with Crippen LogP contribution in [0.5, 0.6) is 0 Å². The van der Waals surface area contributed by atoms with Crippen LogP contribution in [0.1, 0.15) is 13.3 Å². The fourth-order valence-electron chi connectivity index (χ4n) is 1.14. The molecule has 1 amide bonds. The molecule has 0 spiro atoms. The molecule has 6 heteroatoms. The number of carbonyl (C=O) groups is 1. The molecule has 0 aromatic carbocycles. The van der Waals surface area contributed by atoms with E-state index < -0.39 is 0 Å². The Bertz CT molecular complexity index is 341. The zero-order valence-electron chi connectivity index (χ0n) is 9.44. The SMILES string of the molecule is CCC(Br)C(=O)Nc1cnn(CCOC)c1. The second kappa shape index (κ2) is 6.65. The van der Waals surface area contributed by atoms with Crippen LogP contribution in [0, 0.1) is 0 Å². The molecule has 0 aliphatic heterocycles. The van der Waals surface area contributed by atoms with Gasteiger partial charge in [0.1, 0.15) is 0 Å². The molecule has 1 atom stereocenters. The first-order chi connectivity index (χ1) is 7.67. The van der Waals surface area contributed by atoms with Gasteiger partial charge in [0.25, 0.3) is 0 Å². The van der Waals surface area contributed by atoms with Crippen molar-refractivity contribution in [3.05, 3.63) is 12.4 Å². The third-order valence-corrected chi connectivity index (χ3v) is 3.13. The van der Waals surface area contributed by atoms with E-state index in [4.69, 9.17) is 4.74 Å². The highest BCUT2D eigenvalue weighted by Gasteiger charge is 2.12. The number of methoxy groups -OCH3 is 1. The quantitative estimate of drug-likeness (QED) is 0.810. The smallest absolute Gasteiger partial charge is 0.238 e. The van der Waals surface area contributed by atoms with E-state index in [2.05, 4.69) is 26.3 Å². The monoisotopic (exact) mass is 289 g/mol. The highest BCUT2D eigenvalue weighted by molar-refractivity contribution is 9.10. The fourth-order valence-corrected chi connectivity index (χ4v) is 1.26. The van der Waals surface area contributed by atoms with Crippen molar-refractivity contribution in [1.82, 2.24) is 9.78 Å². The van der Waals surface area contributed by atoms with Gasteiger partial charge in [-0.3, -0.25) is 9.48 Å². The standard InChI is InChI=1S/C10H16BrN3O2/c1-3-9(11)10(15)13-8-6-12-14(7-8)4-5-16-2/h6-7,9H,3-5H2,1-2H3,(H,13,15). The van der Waals surface area contributed by atoms with Gasteiger partial charge in [-0.15, -0.1) is 0 Å². The molecule has 0 saturated carbocycles. The van der Waals surface area contributed by atoms with Crippen molar-refractivity contribution in [1.29, 1.82) is 0 Å². The van der Waals surface area contributed by atoms with Crippen LogP contribution in [-0.2, 0) is 16.1 Å². The molecule has 90 valence electrons. The number of hydrogen-bond acceptors (Lipinski definition) is 3. The number of nitrogens with zero attached hydrogens (tertiary/aromatic N) is 2. The largest absolute Gasteiger partial charge is 0.383 e. The minimum Gasteiger partial charge on any atom is -0.383 e. The molecular formula is C10H16BrN3O2. The average molecular weight is 290 g/mol. The Morgan fingerprint density at radius 1 is 1.75 bits per heavy atom. The van der Waals surface area contributed by atoms with Crippen molar-refractivity contribution in [2.24, 2.45) is 0 Å². The first-order valence-corrected chi connectivity index (χ1v) is 6.05. The van der Waals surface area contributed by atoms with E-state index in [1.165, 1.54) is 0 Å². The van der Waals surface area contributed by atoms with Crippen molar-refractivity contribution < 1.29 is 9.53 Å². The van der Waals surface area contributed by atoms with Crippen LogP contribution in [0.2, 0.25) is 0 Å². The Kier molecular flexibility index (Phi) is 5.48. The lowest BCUT2D eigenvalue weighted by Crippen LogP contribution is -2.21. The molecule has 1 N–H and O–H groups in total. The maximum Gasteiger partial charge on any atom is 0.238 e. The van der Waals surface area contributed by atoms with Gasteiger partial charge in [-0.25, -0.2) is 0 Å². The number of ether oxygens (including phenoxy) is 1. The van der Waals surface area contributed by atoms with Gasteiger partial charge in [-0.2, -0.15) is 5.10 Å². The summed E-state index contributed by atoms with van der Waals surface area (Å²) in [7, 11) is 1.64. The first-order valence-electron chi connectivity index (χ1n) is 5.13. The van der Waals surface area contributed by atoms with E-state index in [0.29, 0.717) is 18.8 Å². The molecule has 5 nitrogen and oxygen atoms in total. The van der Waals surface area contributed by atoms with Crippen molar-refractivity contribution in [3.63, 3.8) is 0 Å². The molecule has 1 aromatic heterocycles. The fraction of sp³-hybridized carbons (Fsp3) is 0.600. The summed E-state index contributed by atoms with van der Waals surface area (Å²) < 4.78 is 6.67. The third kappa shape index (κ3) is 3.94. The number of amides is 1. The van der Waals surface area contributed by atoms with Crippen LogP contribution in [0.15, 0.2) is 12.4 Å². The molecule has 1 unspecified atom stereocenters. The number of rotatable bonds is 6. The Balaban J connectivity index is 2.48. The Morgan fingerprint density at radius 3 is 3.12 bits per heavy atom. The third-order valence-electron chi connectivity index (χ3n) is 2.07. The minimum atomic E-state index is -0.158. The second-order valence-corrected chi connectivity index (χ2v) is 4.46. The summed E-state index contributed by atoms with van der Waals surface area (Å²) in [4.78, 5) is 11.4. The molecule has 0 saturated heterocycles. The summed E-state index contributed by atoms with van der Waals surface area (Å²) in [6.45, 7) is 3.23. The zero-order valence-corrected chi connectivity index (χ0v) is 11.0. The number of aromatic nitrogens is 2. The molecule has 16 heavy (non-hydrogen) atoms. The van der Waals surface area contributed by atoms with E-state index in [1.807, 2.05) is 6.92 Å². The van der Waals surface area contributed by atoms with Crippen molar-refractivity contribution >= 4 is 27.5 Å². The highest BCUT2D eigenvalue weighted by Crippen LogP contribution is 2.10. The Morgan fingerprint density at radius 2 is 2.50 bits per heavy atom. The summed E-state index contributed by atoms with van der Waals surface area (Å²) in [5.74, 6) is -0.0474. The van der Waals surface area contributed by atoms with Gasteiger partial charge in [-0.1, -0.05) is 22.9 Å². The first kappa shape index (κ1) is 13.2. The number of carbonyl (C=O) groups excluding carboxylic acids is 1. The van der Waals surface area contributed by atoms with E-state index in [9.17, 15) is 4.79 Å². The average Bonchev–Trinajstić information content (AvgIpc) is 2.72. The van der Waals surface area contributed by atoms with Crippen molar-refractivity contribution in [2.75, 3.05) is 19.0 Å². The zero-order chi connectivity index (χ0) is 12.0. The summed E-state index contributed by atoms with van der Waals surface area (Å²) in [6.07, 6.45) is 4.17. The number of halogens is 1. The predicted molar refractivity (Wildman–Crippen MR) is 65.7 cm³/mol. The summed E-state index contributed by atoms with van der Waals surface area (Å²) in [6, 6.07) is 0. The Labute approximate surface area is 103 Å². The van der Waals surface area contributed by atoms with Crippen LogP contribution in [0.4, 0.5) is 5.69 Å². The molecule has 0 bridgehead atoms. The van der Waals surface area contributed by atoms with Gasteiger partial charge in [0.15, 0.2) is 0 Å². The van der Waals surface area contributed by atoms with E-state index >= 15 is 0 Å². The van der Waals surface area contributed by atoms with E-state index in [1.54, 1.807) is 24.2 Å². The molecule has 0 fully saturated rings. The molecule has 0 radical (unpaired) electrons. The lowest BCUT2D eigenvalue weighted by atomic mass is 10.3. The van der Waals surface area contributed by atoms with Crippen molar-refractivity contribution in [3.8, 4) is 0 Å². The van der Waals surface area contributed by atoms with E-state index in [-0.39, 0.29) is 10.7 Å². The van der Waals surface area contributed by atoms with Gasteiger partial charge in [-0.05, 0) is 6.42 Å². The summed E-state index contributed by atoms with van der Waals surface area (Å²) in [5, 5.41) is 6.88. The van der Waals surface area contributed by atoms with Gasteiger partial charge in [0, 0.05) is 13.3 Å². The molecule has 1 heterocycles. The van der Waals surface area contributed by atoms with Crippen LogP contribution < -0.4 is 5.32 Å². The molecule has 1 aromatic rings. The number of anilines is 1. The van der Waals surface area contributed by atoms with Crippen molar-refractivity contribution in [2.45, 2.75) is 24.7 Å². The topological polar surface area (TPSA) is 56.2 Å². The second-order valence-electron chi connectivity index (χ2n) is 3.35. The maximum absolute atomic E-state index is 11.5. The summed E-state index contributed by atoms with van der Waals surface area (Å²) >= 11 is 3.29. The van der Waals surface area contributed by atoms with Crippen LogP contribution in [-0.4, -0.2) is 34.2 Å². The van der Waals surface area contributed by atoms with Crippen LogP contribution in [0.25, 0.3) is 0 Å². The Hall–Kier alpha value is -0.880. The van der Waals surface area contributed by atoms with Gasteiger partial charge in [0.05, 0.1) is 29.9 Å². The maximum atomic E-state index is 11.5. The minimum absolute atomic E-state index is 0.0474.